The van der Waals surface area contributed by atoms with Gasteiger partial charge in [0.25, 0.3) is 5.91 Å². The molecule has 2 atom stereocenters. The Kier molecular flexibility index (Phi) is 4.55. The van der Waals surface area contributed by atoms with Crippen LogP contribution in [0.5, 0.6) is 0 Å². The van der Waals surface area contributed by atoms with Crippen molar-refractivity contribution in [3.05, 3.63) is 23.8 Å². The molecule has 6 heteroatoms. The number of aromatic nitrogens is 1. The Morgan fingerprint density at radius 1 is 1.48 bits per heavy atom. The fourth-order valence-corrected chi connectivity index (χ4v) is 4.69. The van der Waals surface area contributed by atoms with Gasteiger partial charge in [0.15, 0.2) is 5.13 Å². The number of benzene rings is 1. The van der Waals surface area contributed by atoms with Crippen molar-refractivity contribution in [1.29, 1.82) is 0 Å². The summed E-state index contributed by atoms with van der Waals surface area (Å²) in [6.07, 6.45) is 1.20. The van der Waals surface area contributed by atoms with Crippen molar-refractivity contribution in [2.24, 2.45) is 17.6 Å². The Morgan fingerprint density at radius 2 is 2.26 bits per heavy atom. The average Bonchev–Trinajstić information content (AvgIpc) is 3.15. The maximum Gasteiger partial charge on any atom is 0.250 e. The van der Waals surface area contributed by atoms with Crippen molar-refractivity contribution < 1.29 is 4.79 Å². The minimum absolute atomic E-state index is 0.421. The smallest absolute Gasteiger partial charge is 0.250 e. The van der Waals surface area contributed by atoms with Crippen molar-refractivity contribution in [2.75, 3.05) is 25.0 Å². The number of nitrogens with two attached hydrogens (primary N) is 1. The van der Waals surface area contributed by atoms with Gasteiger partial charge in [-0.05, 0) is 43.5 Å². The standard InChI is InChI=1S/C17H24N4OS/c1-10(2)15(11-7-8-19-9-11)21(3)17-20-14-12(16(18)22)5-4-6-13(14)23-17/h4-6,10-11,15,19H,7-9H2,1-3H3,(H2,18,22). The number of rotatable bonds is 5. The van der Waals surface area contributed by atoms with E-state index in [1.807, 2.05) is 12.1 Å². The molecular weight excluding hydrogens is 308 g/mol. The zero-order chi connectivity index (χ0) is 16.6. The van der Waals surface area contributed by atoms with Crippen LogP contribution in [-0.4, -0.2) is 37.1 Å². The van der Waals surface area contributed by atoms with E-state index in [0.29, 0.717) is 23.4 Å². The van der Waals surface area contributed by atoms with Gasteiger partial charge in [0, 0.05) is 13.1 Å². The first-order valence-corrected chi connectivity index (χ1v) is 8.93. The molecule has 1 amide bonds. The van der Waals surface area contributed by atoms with Crippen molar-refractivity contribution in [1.82, 2.24) is 10.3 Å². The Bertz CT molecular complexity index is 706. The zero-order valence-corrected chi connectivity index (χ0v) is 14.7. The van der Waals surface area contributed by atoms with Crippen LogP contribution in [0.25, 0.3) is 10.2 Å². The van der Waals surface area contributed by atoms with Gasteiger partial charge in [-0.2, -0.15) is 0 Å². The second-order valence-corrected chi connectivity index (χ2v) is 7.62. The topological polar surface area (TPSA) is 71.2 Å². The molecule has 2 heterocycles. The first kappa shape index (κ1) is 16.2. The lowest BCUT2D eigenvalue weighted by Gasteiger charge is -2.35. The molecule has 2 unspecified atom stereocenters. The summed E-state index contributed by atoms with van der Waals surface area (Å²) in [6.45, 7) is 6.68. The molecule has 0 radical (unpaired) electrons. The molecule has 1 aromatic carbocycles. The number of hydrogen-bond acceptors (Lipinski definition) is 5. The maximum absolute atomic E-state index is 11.6. The maximum atomic E-state index is 11.6. The van der Waals surface area contributed by atoms with Gasteiger partial charge in [0.2, 0.25) is 0 Å². The number of nitrogens with zero attached hydrogens (tertiary/aromatic N) is 2. The molecule has 1 aliphatic heterocycles. The van der Waals surface area contributed by atoms with Gasteiger partial charge < -0.3 is 16.0 Å². The molecule has 0 spiro atoms. The summed E-state index contributed by atoms with van der Waals surface area (Å²) in [5.74, 6) is 0.741. The number of thiazole rings is 1. The molecule has 1 aromatic heterocycles. The molecule has 3 N–H and O–H groups in total. The van der Waals surface area contributed by atoms with E-state index < -0.39 is 5.91 Å². The summed E-state index contributed by atoms with van der Waals surface area (Å²) < 4.78 is 1.01. The van der Waals surface area contributed by atoms with E-state index in [1.165, 1.54) is 6.42 Å². The van der Waals surface area contributed by atoms with Gasteiger partial charge in [-0.15, -0.1) is 0 Å². The van der Waals surface area contributed by atoms with Crippen LogP contribution in [0.3, 0.4) is 0 Å². The molecule has 23 heavy (non-hydrogen) atoms. The number of para-hydroxylation sites is 1. The largest absolute Gasteiger partial charge is 0.366 e. The van der Waals surface area contributed by atoms with Crippen molar-refractivity contribution in [3.63, 3.8) is 0 Å². The zero-order valence-electron chi connectivity index (χ0n) is 13.9. The average molecular weight is 332 g/mol. The molecule has 2 aromatic rings. The number of carbonyl (C=O) groups is 1. The quantitative estimate of drug-likeness (QED) is 0.882. The van der Waals surface area contributed by atoms with Gasteiger partial charge in [0.05, 0.1) is 15.8 Å². The van der Waals surface area contributed by atoms with Crippen molar-refractivity contribution in [2.45, 2.75) is 26.3 Å². The van der Waals surface area contributed by atoms with Crippen molar-refractivity contribution >= 4 is 32.6 Å². The number of amides is 1. The second-order valence-electron chi connectivity index (χ2n) is 6.61. The van der Waals surface area contributed by atoms with E-state index in [0.717, 1.165) is 28.4 Å². The monoisotopic (exact) mass is 332 g/mol. The van der Waals surface area contributed by atoms with E-state index in [-0.39, 0.29) is 0 Å². The number of nitrogens with one attached hydrogen (secondary N) is 1. The number of carbonyl (C=O) groups excluding carboxylic acids is 1. The fraction of sp³-hybridized carbons (Fsp3) is 0.529. The van der Waals surface area contributed by atoms with Crippen LogP contribution in [0.1, 0.15) is 30.6 Å². The fourth-order valence-electron chi connectivity index (χ4n) is 3.69. The number of anilines is 1. The number of hydrogen-bond donors (Lipinski definition) is 2. The Balaban J connectivity index is 1.97. The van der Waals surface area contributed by atoms with Gasteiger partial charge >= 0.3 is 0 Å². The summed E-state index contributed by atoms with van der Waals surface area (Å²) >= 11 is 1.63. The number of fused-ring (bicyclic) bond motifs is 1. The molecule has 3 rings (SSSR count). The summed E-state index contributed by atoms with van der Waals surface area (Å²) in [4.78, 5) is 18.6. The Labute approximate surface area is 140 Å². The van der Waals surface area contributed by atoms with Crippen LogP contribution in [0.4, 0.5) is 5.13 Å². The van der Waals surface area contributed by atoms with E-state index in [4.69, 9.17) is 10.7 Å². The molecule has 5 nitrogen and oxygen atoms in total. The highest BCUT2D eigenvalue weighted by molar-refractivity contribution is 7.22. The van der Waals surface area contributed by atoms with Crippen molar-refractivity contribution in [3.8, 4) is 0 Å². The predicted octanol–water partition coefficient (Wildman–Crippen LogP) is 2.47. The Hall–Kier alpha value is -1.66. The molecule has 1 aliphatic rings. The first-order valence-electron chi connectivity index (χ1n) is 8.12. The third-order valence-corrected chi connectivity index (χ3v) is 5.80. The SMILES string of the molecule is CC(C)C(C1CCNC1)N(C)c1nc2c(C(N)=O)cccc2s1. The molecule has 124 valence electrons. The highest BCUT2D eigenvalue weighted by Gasteiger charge is 2.32. The van der Waals surface area contributed by atoms with Crippen LogP contribution < -0.4 is 16.0 Å². The molecule has 0 aliphatic carbocycles. The molecule has 0 bridgehead atoms. The van der Waals surface area contributed by atoms with E-state index in [2.05, 4.69) is 31.1 Å². The summed E-state index contributed by atoms with van der Waals surface area (Å²) in [5, 5.41) is 4.42. The molecular formula is C17H24N4OS. The minimum Gasteiger partial charge on any atom is -0.366 e. The van der Waals surface area contributed by atoms with Gasteiger partial charge in [0.1, 0.15) is 0 Å². The van der Waals surface area contributed by atoms with Crippen LogP contribution in [0.15, 0.2) is 18.2 Å². The van der Waals surface area contributed by atoms with Crippen LogP contribution >= 0.6 is 11.3 Å². The van der Waals surface area contributed by atoms with Crippen LogP contribution in [0, 0.1) is 11.8 Å². The predicted molar refractivity (Wildman–Crippen MR) is 96.1 cm³/mol. The van der Waals surface area contributed by atoms with Crippen LogP contribution in [0.2, 0.25) is 0 Å². The summed E-state index contributed by atoms with van der Waals surface area (Å²) in [5.41, 5.74) is 6.70. The third-order valence-electron chi connectivity index (χ3n) is 4.69. The highest BCUT2D eigenvalue weighted by atomic mass is 32.1. The Morgan fingerprint density at radius 3 is 2.87 bits per heavy atom. The summed E-state index contributed by atoms with van der Waals surface area (Å²) in [7, 11) is 2.12. The molecule has 0 saturated carbocycles. The first-order chi connectivity index (χ1) is 11.0. The van der Waals surface area contributed by atoms with E-state index >= 15 is 0 Å². The minimum atomic E-state index is -0.421. The lowest BCUT2D eigenvalue weighted by molar-refractivity contribution is 0.100. The third kappa shape index (κ3) is 3.05. The van der Waals surface area contributed by atoms with Gasteiger partial charge in [-0.3, -0.25) is 4.79 Å². The number of primary amides is 1. The molecule has 1 saturated heterocycles. The summed E-state index contributed by atoms with van der Waals surface area (Å²) in [6, 6.07) is 6.04. The highest BCUT2D eigenvalue weighted by Crippen LogP contribution is 2.34. The van der Waals surface area contributed by atoms with Gasteiger partial charge in [-0.1, -0.05) is 31.3 Å². The van der Waals surface area contributed by atoms with E-state index in [1.54, 1.807) is 17.4 Å². The lowest BCUT2D eigenvalue weighted by Crippen LogP contribution is -2.42. The van der Waals surface area contributed by atoms with Gasteiger partial charge in [-0.25, -0.2) is 4.98 Å². The molecule has 1 fully saturated rings. The lowest BCUT2D eigenvalue weighted by atomic mass is 9.89. The normalized spacial score (nSPS) is 19.4. The van der Waals surface area contributed by atoms with Crippen LogP contribution in [-0.2, 0) is 0 Å². The second kappa shape index (κ2) is 6.45. The van der Waals surface area contributed by atoms with E-state index in [9.17, 15) is 4.79 Å².